The van der Waals surface area contributed by atoms with Crippen molar-refractivity contribution in [3.05, 3.63) is 0 Å². The number of carboxylic acids is 1. The molecule has 7 nitrogen and oxygen atoms in total. The number of urea groups is 1. The molecule has 0 aromatic heterocycles. The summed E-state index contributed by atoms with van der Waals surface area (Å²) in [5.41, 5.74) is -0.643. The summed E-state index contributed by atoms with van der Waals surface area (Å²) in [4.78, 5) is 37.9. The second-order valence-corrected chi connectivity index (χ2v) is 5.56. The first kappa shape index (κ1) is 17.3. The van der Waals surface area contributed by atoms with Gasteiger partial charge in [0, 0.05) is 20.1 Å². The van der Waals surface area contributed by atoms with Gasteiger partial charge in [-0.1, -0.05) is 0 Å². The largest absolute Gasteiger partial charge is 0.481 e. The van der Waals surface area contributed by atoms with E-state index in [4.69, 9.17) is 5.11 Å². The topological polar surface area (TPSA) is 90.0 Å². The summed E-state index contributed by atoms with van der Waals surface area (Å²) in [7, 11) is 1.55. The number of aliphatic carboxylic acids is 1. The third-order valence-corrected chi connectivity index (χ3v) is 4.01. The van der Waals surface area contributed by atoms with Crippen LogP contribution < -0.4 is 5.32 Å². The Bertz CT molecular complexity index is 403. The quantitative estimate of drug-likeness (QED) is 0.730. The third-order valence-electron chi connectivity index (χ3n) is 4.01. The monoisotopic (exact) mass is 299 g/mol. The van der Waals surface area contributed by atoms with Crippen molar-refractivity contribution >= 4 is 17.9 Å². The van der Waals surface area contributed by atoms with E-state index in [2.05, 4.69) is 5.32 Å². The first-order valence-corrected chi connectivity index (χ1v) is 7.36. The predicted molar refractivity (Wildman–Crippen MR) is 77.9 cm³/mol. The van der Waals surface area contributed by atoms with Crippen LogP contribution in [0, 0.1) is 0 Å². The molecule has 0 aliphatic heterocycles. The van der Waals surface area contributed by atoms with E-state index in [-0.39, 0.29) is 18.9 Å². The van der Waals surface area contributed by atoms with E-state index < -0.39 is 17.5 Å². The predicted octanol–water partition coefficient (Wildman–Crippen LogP) is 0.894. The maximum atomic E-state index is 12.1. The molecule has 2 N–H and O–H groups in total. The van der Waals surface area contributed by atoms with Crippen LogP contribution in [0.15, 0.2) is 0 Å². The highest BCUT2D eigenvalue weighted by Crippen LogP contribution is 2.35. The van der Waals surface area contributed by atoms with Crippen LogP contribution in [-0.4, -0.2) is 65.0 Å². The van der Waals surface area contributed by atoms with Gasteiger partial charge in [-0.2, -0.15) is 0 Å². The summed E-state index contributed by atoms with van der Waals surface area (Å²) in [6.45, 7) is 4.98. The van der Waals surface area contributed by atoms with Gasteiger partial charge in [0.2, 0.25) is 5.91 Å². The van der Waals surface area contributed by atoms with Crippen LogP contribution in [0.25, 0.3) is 0 Å². The molecule has 0 radical (unpaired) electrons. The molecule has 0 aromatic rings. The highest BCUT2D eigenvalue weighted by Gasteiger charge is 2.41. The Morgan fingerprint density at radius 2 is 1.76 bits per heavy atom. The third kappa shape index (κ3) is 4.61. The molecule has 0 bridgehead atoms. The van der Waals surface area contributed by atoms with E-state index in [9.17, 15) is 14.4 Å². The fraction of sp³-hybridized carbons (Fsp3) is 0.786. The second-order valence-electron chi connectivity index (χ2n) is 5.56. The van der Waals surface area contributed by atoms with Gasteiger partial charge < -0.3 is 20.2 Å². The number of amides is 3. The van der Waals surface area contributed by atoms with Gasteiger partial charge in [-0.05, 0) is 33.1 Å². The number of likely N-dealkylation sites (N-methyl/N-ethyl adjacent to an activating group) is 2. The molecule has 21 heavy (non-hydrogen) atoms. The van der Waals surface area contributed by atoms with E-state index in [0.717, 1.165) is 6.42 Å². The van der Waals surface area contributed by atoms with E-state index in [1.54, 1.807) is 11.9 Å². The van der Waals surface area contributed by atoms with Crippen LogP contribution in [0.5, 0.6) is 0 Å². The Morgan fingerprint density at radius 1 is 1.19 bits per heavy atom. The highest BCUT2D eigenvalue weighted by molar-refractivity contribution is 5.84. The minimum atomic E-state index is -0.920. The first-order valence-electron chi connectivity index (χ1n) is 7.36. The number of hydrogen-bond acceptors (Lipinski definition) is 3. The lowest BCUT2D eigenvalue weighted by molar-refractivity contribution is -0.139. The van der Waals surface area contributed by atoms with Gasteiger partial charge in [-0.25, -0.2) is 4.79 Å². The zero-order valence-corrected chi connectivity index (χ0v) is 13.0. The lowest BCUT2D eigenvalue weighted by Crippen LogP contribution is -2.58. The van der Waals surface area contributed by atoms with Gasteiger partial charge in [-0.15, -0.1) is 0 Å². The summed E-state index contributed by atoms with van der Waals surface area (Å²) in [5.74, 6) is -1.03. The van der Waals surface area contributed by atoms with Crippen LogP contribution in [0.1, 0.15) is 39.5 Å². The number of nitrogens with zero attached hydrogens (tertiary/aromatic N) is 2. The molecule has 1 aliphatic rings. The van der Waals surface area contributed by atoms with E-state index in [1.165, 1.54) is 4.90 Å². The zero-order chi connectivity index (χ0) is 16.0. The van der Waals surface area contributed by atoms with Crippen molar-refractivity contribution in [2.45, 2.75) is 45.1 Å². The van der Waals surface area contributed by atoms with Crippen molar-refractivity contribution in [2.75, 3.05) is 26.7 Å². The molecular formula is C14H25N3O4. The molecule has 0 heterocycles. The van der Waals surface area contributed by atoms with Crippen molar-refractivity contribution < 1.29 is 19.5 Å². The Balaban J connectivity index is 2.54. The molecule has 0 saturated heterocycles. The molecule has 0 aromatic carbocycles. The molecule has 0 spiro atoms. The highest BCUT2D eigenvalue weighted by atomic mass is 16.4. The van der Waals surface area contributed by atoms with Gasteiger partial charge in [0.15, 0.2) is 0 Å². The molecule has 1 saturated carbocycles. The second kappa shape index (κ2) is 7.28. The molecule has 7 heteroatoms. The van der Waals surface area contributed by atoms with Crippen molar-refractivity contribution in [2.24, 2.45) is 0 Å². The summed E-state index contributed by atoms with van der Waals surface area (Å²) < 4.78 is 0. The molecule has 120 valence electrons. The average molecular weight is 299 g/mol. The van der Waals surface area contributed by atoms with Crippen LogP contribution in [0.2, 0.25) is 0 Å². The molecular weight excluding hydrogens is 274 g/mol. The zero-order valence-electron chi connectivity index (χ0n) is 13.0. The fourth-order valence-electron chi connectivity index (χ4n) is 2.51. The Morgan fingerprint density at radius 3 is 2.14 bits per heavy atom. The maximum absolute atomic E-state index is 12.1. The Labute approximate surface area is 125 Å². The summed E-state index contributed by atoms with van der Waals surface area (Å²) in [6, 6.07) is -0.392. The number of hydrogen-bond donors (Lipinski definition) is 2. The van der Waals surface area contributed by atoms with Gasteiger partial charge >= 0.3 is 12.0 Å². The normalized spacial score (nSPS) is 15.8. The number of rotatable bonds is 7. The fourth-order valence-corrected chi connectivity index (χ4v) is 2.51. The SMILES string of the molecule is CCN(CC)C(=O)CN(C)C(=O)NC1(CC(=O)O)CCC1. The van der Waals surface area contributed by atoms with Crippen LogP contribution in [0.4, 0.5) is 4.79 Å². The van der Waals surface area contributed by atoms with Crippen LogP contribution in [-0.2, 0) is 9.59 Å². The minimum Gasteiger partial charge on any atom is -0.481 e. The molecule has 1 rings (SSSR count). The van der Waals surface area contributed by atoms with Crippen molar-refractivity contribution in [3.8, 4) is 0 Å². The van der Waals surface area contributed by atoms with E-state index in [1.807, 2.05) is 13.8 Å². The number of carbonyl (C=O) groups excluding carboxylic acids is 2. The van der Waals surface area contributed by atoms with Crippen LogP contribution >= 0.6 is 0 Å². The van der Waals surface area contributed by atoms with Gasteiger partial charge in [-0.3, -0.25) is 9.59 Å². The molecule has 0 unspecified atom stereocenters. The lowest BCUT2D eigenvalue weighted by Gasteiger charge is -2.42. The lowest BCUT2D eigenvalue weighted by atomic mass is 9.74. The molecule has 3 amide bonds. The first-order chi connectivity index (χ1) is 9.83. The molecule has 1 aliphatic carbocycles. The molecule has 0 atom stereocenters. The Hall–Kier alpha value is -1.79. The standard InChI is InChI=1S/C14H25N3O4/c1-4-17(5-2)11(18)10-16(3)13(21)15-14(7-6-8-14)9-12(19)20/h4-10H2,1-3H3,(H,15,21)(H,19,20). The van der Waals surface area contributed by atoms with Gasteiger partial charge in [0.25, 0.3) is 0 Å². The average Bonchev–Trinajstić information content (AvgIpc) is 2.36. The number of nitrogens with one attached hydrogen (secondary N) is 1. The number of carboxylic acid groups (broad SMARTS) is 1. The Kier molecular flexibility index (Phi) is 5.99. The van der Waals surface area contributed by atoms with E-state index in [0.29, 0.717) is 25.9 Å². The van der Waals surface area contributed by atoms with Crippen molar-refractivity contribution in [1.29, 1.82) is 0 Å². The van der Waals surface area contributed by atoms with Crippen molar-refractivity contribution in [3.63, 3.8) is 0 Å². The van der Waals surface area contributed by atoms with Crippen LogP contribution in [0.3, 0.4) is 0 Å². The van der Waals surface area contributed by atoms with Crippen molar-refractivity contribution in [1.82, 2.24) is 15.1 Å². The summed E-state index contributed by atoms with van der Waals surface area (Å²) in [6.07, 6.45) is 2.18. The maximum Gasteiger partial charge on any atom is 0.318 e. The summed E-state index contributed by atoms with van der Waals surface area (Å²) >= 11 is 0. The van der Waals surface area contributed by atoms with E-state index >= 15 is 0 Å². The minimum absolute atomic E-state index is 0.00331. The van der Waals surface area contributed by atoms with Gasteiger partial charge in [0.1, 0.15) is 6.54 Å². The molecule has 1 fully saturated rings. The smallest absolute Gasteiger partial charge is 0.318 e. The number of carbonyl (C=O) groups is 3. The summed E-state index contributed by atoms with van der Waals surface area (Å²) in [5, 5.41) is 11.7. The van der Waals surface area contributed by atoms with Gasteiger partial charge in [0.05, 0.1) is 12.0 Å².